The normalized spacial score (nSPS) is 25.3. The van der Waals surface area contributed by atoms with Crippen molar-refractivity contribution in [3.63, 3.8) is 0 Å². The largest absolute Gasteiger partial charge is 0.384 e. The summed E-state index contributed by atoms with van der Waals surface area (Å²) in [5, 5.41) is 10.3. The zero-order valence-electron chi connectivity index (χ0n) is 13.4. The minimum Gasteiger partial charge on any atom is -0.384 e. The zero-order valence-corrected chi connectivity index (χ0v) is 14.2. The first-order valence-electron chi connectivity index (χ1n) is 7.61. The number of halogens is 1. The van der Waals surface area contributed by atoms with Crippen LogP contribution in [0.1, 0.15) is 32.7 Å². The van der Waals surface area contributed by atoms with Gasteiger partial charge in [0.25, 0.3) is 0 Å². The summed E-state index contributed by atoms with van der Waals surface area (Å²) in [6.45, 7) is 3.87. The van der Waals surface area contributed by atoms with Gasteiger partial charge in [-0.3, -0.25) is 0 Å². The van der Waals surface area contributed by atoms with Gasteiger partial charge in [0.1, 0.15) is 11.8 Å². The summed E-state index contributed by atoms with van der Waals surface area (Å²) in [5.74, 6) is -0.972. The number of methoxy groups -OCH3 is 1. The molecular weight excluding hydrogens is 320 g/mol. The molecule has 2 aromatic heterocycles. The van der Waals surface area contributed by atoms with Gasteiger partial charge < -0.3 is 19.1 Å². The van der Waals surface area contributed by atoms with Gasteiger partial charge in [-0.2, -0.15) is 0 Å². The maximum atomic E-state index is 9.97. The monoisotopic (exact) mass is 340 g/mol. The summed E-state index contributed by atoms with van der Waals surface area (Å²) in [5.41, 5.74) is 1.32. The van der Waals surface area contributed by atoms with Crippen LogP contribution < -0.4 is 0 Å². The van der Waals surface area contributed by atoms with E-state index in [2.05, 4.69) is 15.0 Å². The van der Waals surface area contributed by atoms with E-state index in [-0.39, 0.29) is 18.1 Å². The molecule has 0 radical (unpaired) electrons. The van der Waals surface area contributed by atoms with Gasteiger partial charge in [-0.15, -0.1) is 0 Å². The van der Waals surface area contributed by atoms with E-state index in [1.54, 1.807) is 27.3 Å². The fraction of sp³-hybridized carbons (Fsp3) is 0.667. The number of fused-ring (bicyclic) bond motifs is 1. The summed E-state index contributed by atoms with van der Waals surface area (Å²) >= 11 is 6.07. The van der Waals surface area contributed by atoms with Crippen LogP contribution in [0, 0.1) is 5.92 Å². The Morgan fingerprint density at radius 3 is 2.83 bits per heavy atom. The minimum absolute atomic E-state index is 0.0882. The van der Waals surface area contributed by atoms with E-state index in [1.165, 1.54) is 6.33 Å². The van der Waals surface area contributed by atoms with Crippen molar-refractivity contribution < 1.29 is 14.6 Å². The van der Waals surface area contributed by atoms with Crippen LogP contribution in [0.3, 0.4) is 0 Å². The van der Waals surface area contributed by atoms with Gasteiger partial charge in [-0.05, 0) is 26.7 Å². The number of aliphatic hydroxyl groups is 1. The van der Waals surface area contributed by atoms with Crippen LogP contribution in [0.4, 0.5) is 0 Å². The second-order valence-corrected chi connectivity index (χ2v) is 6.79. The lowest BCUT2D eigenvalue weighted by atomic mass is 10.1. The van der Waals surface area contributed by atoms with Crippen molar-refractivity contribution >= 4 is 22.8 Å². The molecule has 23 heavy (non-hydrogen) atoms. The molecule has 2 heterocycles. The summed E-state index contributed by atoms with van der Waals surface area (Å²) in [4.78, 5) is 12.6. The summed E-state index contributed by atoms with van der Waals surface area (Å²) < 4.78 is 13.1. The lowest BCUT2D eigenvalue weighted by Gasteiger charge is -2.27. The molecule has 0 aliphatic heterocycles. The third-order valence-corrected chi connectivity index (χ3v) is 4.41. The molecule has 0 bridgehead atoms. The highest BCUT2D eigenvalue weighted by Crippen LogP contribution is 2.39. The molecule has 1 aliphatic rings. The maximum absolute atomic E-state index is 9.97. The van der Waals surface area contributed by atoms with Crippen molar-refractivity contribution in [1.82, 2.24) is 19.5 Å². The molecule has 0 saturated heterocycles. The van der Waals surface area contributed by atoms with Crippen LogP contribution in [0.2, 0.25) is 5.15 Å². The van der Waals surface area contributed by atoms with E-state index < -0.39 is 5.79 Å². The van der Waals surface area contributed by atoms with Crippen molar-refractivity contribution in [3.05, 3.63) is 17.8 Å². The molecular formula is C15H21ClN4O3. The van der Waals surface area contributed by atoms with Crippen molar-refractivity contribution in [1.29, 1.82) is 0 Å². The quantitative estimate of drug-likeness (QED) is 0.663. The van der Waals surface area contributed by atoms with E-state index in [4.69, 9.17) is 21.1 Å². The maximum Gasteiger partial charge on any atom is 0.165 e. The molecule has 0 spiro atoms. The molecule has 0 aromatic carbocycles. The van der Waals surface area contributed by atoms with E-state index in [1.807, 2.05) is 4.57 Å². The Morgan fingerprint density at radius 1 is 1.35 bits per heavy atom. The number of imidazole rings is 1. The molecule has 2 unspecified atom stereocenters. The topological polar surface area (TPSA) is 82.3 Å². The van der Waals surface area contributed by atoms with Gasteiger partial charge in [0, 0.05) is 19.1 Å². The summed E-state index contributed by atoms with van der Waals surface area (Å²) in [6.07, 6.45) is 4.71. The van der Waals surface area contributed by atoms with Crippen LogP contribution in [0.5, 0.6) is 0 Å². The lowest BCUT2D eigenvalue weighted by Crippen LogP contribution is -2.33. The highest BCUT2D eigenvalue weighted by atomic mass is 35.5. The predicted molar refractivity (Wildman–Crippen MR) is 85.1 cm³/mol. The van der Waals surface area contributed by atoms with Gasteiger partial charge in [0.15, 0.2) is 16.6 Å². The Balaban J connectivity index is 1.86. The molecule has 1 saturated carbocycles. The average molecular weight is 341 g/mol. The van der Waals surface area contributed by atoms with E-state index in [0.717, 1.165) is 18.5 Å². The molecule has 1 aliphatic carbocycles. The van der Waals surface area contributed by atoms with Gasteiger partial charge in [0.05, 0.1) is 19.0 Å². The molecule has 3 rings (SSSR count). The second-order valence-electron chi connectivity index (χ2n) is 6.43. The highest BCUT2D eigenvalue weighted by Gasteiger charge is 2.39. The second kappa shape index (κ2) is 6.32. The number of rotatable bonds is 5. The van der Waals surface area contributed by atoms with Gasteiger partial charge in [-0.25, -0.2) is 15.0 Å². The Morgan fingerprint density at radius 2 is 2.13 bits per heavy atom. The number of aromatic nitrogens is 4. The predicted octanol–water partition coefficient (Wildman–Crippen LogP) is 2.19. The molecule has 1 fully saturated rings. The van der Waals surface area contributed by atoms with Gasteiger partial charge in [-0.1, -0.05) is 11.6 Å². The Hall–Kier alpha value is -1.28. The molecule has 0 amide bonds. The van der Waals surface area contributed by atoms with Crippen LogP contribution >= 0.6 is 11.6 Å². The first-order chi connectivity index (χ1) is 10.9. The van der Waals surface area contributed by atoms with E-state index >= 15 is 0 Å². The summed E-state index contributed by atoms with van der Waals surface area (Å²) in [7, 11) is 1.67. The Kier molecular flexibility index (Phi) is 4.55. The number of nitrogens with zero attached hydrogens (tertiary/aromatic N) is 4. The molecule has 1 N–H and O–H groups in total. The first kappa shape index (κ1) is 16.6. The minimum atomic E-state index is -1.17. The number of hydrogen-bond acceptors (Lipinski definition) is 6. The summed E-state index contributed by atoms with van der Waals surface area (Å²) in [6, 6.07) is 0.165. The van der Waals surface area contributed by atoms with Crippen molar-refractivity contribution in [2.24, 2.45) is 5.92 Å². The van der Waals surface area contributed by atoms with E-state index in [0.29, 0.717) is 17.3 Å². The number of hydrogen-bond donors (Lipinski definition) is 1. The fourth-order valence-corrected chi connectivity index (χ4v) is 3.46. The highest BCUT2D eigenvalue weighted by molar-refractivity contribution is 6.33. The van der Waals surface area contributed by atoms with Gasteiger partial charge in [0.2, 0.25) is 0 Å². The average Bonchev–Trinajstić information content (AvgIpc) is 3.03. The van der Waals surface area contributed by atoms with Gasteiger partial charge >= 0.3 is 0 Å². The zero-order chi connectivity index (χ0) is 16.6. The molecule has 8 heteroatoms. The van der Waals surface area contributed by atoms with Crippen molar-refractivity contribution in [2.45, 2.75) is 44.6 Å². The smallest absolute Gasteiger partial charge is 0.165 e. The molecule has 2 aromatic rings. The Bertz CT molecular complexity index is 685. The fourth-order valence-electron chi connectivity index (χ4n) is 3.28. The molecule has 7 nitrogen and oxygen atoms in total. The molecule has 126 valence electrons. The SMILES string of the molecule is COCC1CC(n2cnc3c(Cl)ncnc32)C[C@@H]1OC(C)(C)O. The van der Waals surface area contributed by atoms with Crippen molar-refractivity contribution in [2.75, 3.05) is 13.7 Å². The first-order valence-corrected chi connectivity index (χ1v) is 7.99. The number of ether oxygens (including phenoxy) is 2. The van der Waals surface area contributed by atoms with Crippen LogP contribution in [0.25, 0.3) is 11.2 Å². The standard InChI is InChI=1S/C15H21ClN4O3/c1-15(2,21)23-11-5-10(4-9(11)6-22-3)20-8-19-12-13(16)17-7-18-14(12)20/h7-11,21H,4-6H2,1-3H3/t9?,10?,11-/m0/s1. The lowest BCUT2D eigenvalue weighted by molar-refractivity contribution is -0.215. The van der Waals surface area contributed by atoms with Crippen LogP contribution in [-0.4, -0.2) is 50.2 Å². The Labute approximate surface area is 139 Å². The van der Waals surface area contributed by atoms with Crippen molar-refractivity contribution in [3.8, 4) is 0 Å². The third kappa shape index (κ3) is 3.47. The molecule has 3 atom stereocenters. The third-order valence-electron chi connectivity index (χ3n) is 4.13. The van der Waals surface area contributed by atoms with Crippen LogP contribution in [0.15, 0.2) is 12.7 Å². The van der Waals surface area contributed by atoms with Crippen LogP contribution in [-0.2, 0) is 9.47 Å². The van der Waals surface area contributed by atoms with E-state index in [9.17, 15) is 5.11 Å².